The minimum Gasteiger partial charge on any atom is -0.507 e. The lowest BCUT2D eigenvalue weighted by Crippen LogP contribution is -1.89. The van der Waals surface area contributed by atoms with Crippen molar-refractivity contribution in [3.05, 3.63) is 58.7 Å². The SMILES string of the molecule is Cc1cc(-c2[c]cc(-c3cc(C)c(O)c(C)c3)c(O)c2O)cc(C)c1O. The number of aromatic hydroxyl groups is 4. The van der Waals surface area contributed by atoms with E-state index in [0.29, 0.717) is 44.5 Å². The Labute approximate surface area is 152 Å². The molecule has 4 N–H and O–H groups in total. The highest BCUT2D eigenvalue weighted by Gasteiger charge is 2.17. The third-order valence-electron chi connectivity index (χ3n) is 4.66. The highest BCUT2D eigenvalue weighted by molar-refractivity contribution is 5.83. The van der Waals surface area contributed by atoms with E-state index in [1.54, 1.807) is 58.0 Å². The first-order valence-corrected chi connectivity index (χ1v) is 8.28. The van der Waals surface area contributed by atoms with Crippen molar-refractivity contribution in [2.75, 3.05) is 0 Å². The first-order chi connectivity index (χ1) is 12.2. The van der Waals surface area contributed by atoms with Crippen molar-refractivity contribution in [1.82, 2.24) is 0 Å². The van der Waals surface area contributed by atoms with Crippen LogP contribution in [-0.2, 0) is 0 Å². The van der Waals surface area contributed by atoms with Crippen LogP contribution in [0.5, 0.6) is 23.0 Å². The van der Waals surface area contributed by atoms with Gasteiger partial charge < -0.3 is 20.4 Å². The number of phenolic OH excluding ortho intramolecular Hbond substituents is 4. The Hall–Kier alpha value is -3.14. The van der Waals surface area contributed by atoms with Crippen molar-refractivity contribution in [2.24, 2.45) is 0 Å². The summed E-state index contributed by atoms with van der Waals surface area (Å²) in [7, 11) is 0. The van der Waals surface area contributed by atoms with Gasteiger partial charge in [-0.15, -0.1) is 0 Å². The van der Waals surface area contributed by atoms with Gasteiger partial charge in [0.15, 0.2) is 11.5 Å². The van der Waals surface area contributed by atoms with E-state index in [1.807, 2.05) is 0 Å². The Morgan fingerprint density at radius 2 is 1.00 bits per heavy atom. The van der Waals surface area contributed by atoms with Crippen LogP contribution in [-0.4, -0.2) is 20.4 Å². The van der Waals surface area contributed by atoms with Crippen molar-refractivity contribution < 1.29 is 20.4 Å². The molecule has 0 aliphatic rings. The van der Waals surface area contributed by atoms with Gasteiger partial charge in [-0.25, -0.2) is 0 Å². The fraction of sp³-hybridized carbons (Fsp3) is 0.182. The smallest absolute Gasteiger partial charge is 0.166 e. The van der Waals surface area contributed by atoms with E-state index >= 15 is 0 Å². The molecular formula is C22H21O4. The fourth-order valence-electron chi connectivity index (χ4n) is 3.18. The zero-order valence-corrected chi connectivity index (χ0v) is 15.2. The average Bonchev–Trinajstić information content (AvgIpc) is 2.59. The molecule has 0 spiro atoms. The zero-order valence-electron chi connectivity index (χ0n) is 15.2. The first kappa shape index (κ1) is 17.7. The summed E-state index contributed by atoms with van der Waals surface area (Å²) in [6, 6.07) is 11.6. The predicted octanol–water partition coefficient (Wildman–Crippen LogP) is 4.88. The molecule has 26 heavy (non-hydrogen) atoms. The summed E-state index contributed by atoms with van der Waals surface area (Å²) in [6.45, 7) is 7.11. The minimum atomic E-state index is -0.268. The van der Waals surface area contributed by atoms with Crippen molar-refractivity contribution >= 4 is 0 Å². The van der Waals surface area contributed by atoms with E-state index in [4.69, 9.17) is 0 Å². The highest BCUT2D eigenvalue weighted by Crippen LogP contribution is 2.44. The van der Waals surface area contributed by atoms with Gasteiger partial charge in [-0.2, -0.15) is 0 Å². The standard InChI is InChI=1S/C22H21O4/c1-11-7-15(8-12(2)19(11)23)17-5-6-18(22(26)21(17)25)16-9-13(3)20(24)14(4)10-16/h5,7-10,23-26H,1-4H3. The van der Waals surface area contributed by atoms with Crippen LogP contribution in [0, 0.1) is 33.8 Å². The quantitative estimate of drug-likeness (QED) is 0.497. The fourth-order valence-corrected chi connectivity index (χ4v) is 3.18. The van der Waals surface area contributed by atoms with Crippen LogP contribution in [0.3, 0.4) is 0 Å². The summed E-state index contributed by atoms with van der Waals surface area (Å²) in [6.07, 6.45) is 0. The summed E-state index contributed by atoms with van der Waals surface area (Å²) in [4.78, 5) is 0. The molecule has 0 amide bonds. The lowest BCUT2D eigenvalue weighted by atomic mass is 9.94. The average molecular weight is 349 g/mol. The van der Waals surface area contributed by atoms with E-state index in [2.05, 4.69) is 6.07 Å². The Morgan fingerprint density at radius 3 is 1.46 bits per heavy atom. The molecule has 0 aliphatic heterocycles. The van der Waals surface area contributed by atoms with Gasteiger partial charge in [-0.1, -0.05) is 0 Å². The molecule has 0 bridgehead atoms. The number of rotatable bonds is 2. The van der Waals surface area contributed by atoms with Gasteiger partial charge in [0.25, 0.3) is 0 Å². The maximum absolute atomic E-state index is 10.6. The van der Waals surface area contributed by atoms with E-state index in [-0.39, 0.29) is 23.0 Å². The zero-order chi connectivity index (χ0) is 19.2. The molecule has 0 unspecified atom stereocenters. The van der Waals surface area contributed by atoms with Crippen molar-refractivity contribution in [3.8, 4) is 45.3 Å². The number of aryl methyl sites for hydroxylation is 4. The minimum absolute atomic E-state index is 0.212. The molecule has 0 aliphatic carbocycles. The molecule has 0 atom stereocenters. The van der Waals surface area contributed by atoms with Crippen LogP contribution >= 0.6 is 0 Å². The van der Waals surface area contributed by atoms with Crippen molar-refractivity contribution in [3.63, 3.8) is 0 Å². The lowest BCUT2D eigenvalue weighted by Gasteiger charge is -2.14. The number of hydrogen-bond donors (Lipinski definition) is 4. The maximum atomic E-state index is 10.6. The summed E-state index contributed by atoms with van der Waals surface area (Å²) in [5, 5.41) is 41.0. The lowest BCUT2D eigenvalue weighted by molar-refractivity contribution is 0.406. The number of benzene rings is 3. The van der Waals surface area contributed by atoms with Gasteiger partial charge >= 0.3 is 0 Å². The van der Waals surface area contributed by atoms with Crippen LogP contribution in [0.25, 0.3) is 22.3 Å². The molecule has 4 heteroatoms. The molecule has 0 saturated carbocycles. The van der Waals surface area contributed by atoms with Gasteiger partial charge in [0.1, 0.15) is 11.5 Å². The molecule has 0 fully saturated rings. The molecule has 3 aromatic carbocycles. The molecular weight excluding hydrogens is 328 g/mol. The van der Waals surface area contributed by atoms with Crippen LogP contribution in [0.2, 0.25) is 0 Å². The topological polar surface area (TPSA) is 80.9 Å². The van der Waals surface area contributed by atoms with Gasteiger partial charge in [-0.05, 0) is 97.5 Å². The van der Waals surface area contributed by atoms with Crippen molar-refractivity contribution in [2.45, 2.75) is 27.7 Å². The Balaban J connectivity index is 2.16. The summed E-state index contributed by atoms with van der Waals surface area (Å²) in [5.74, 6) is -0.0841. The van der Waals surface area contributed by atoms with Gasteiger partial charge in [0, 0.05) is 11.1 Å². The van der Waals surface area contributed by atoms with Crippen molar-refractivity contribution in [1.29, 1.82) is 0 Å². The van der Waals surface area contributed by atoms with Crippen LogP contribution in [0.4, 0.5) is 0 Å². The summed E-state index contributed by atoms with van der Waals surface area (Å²) in [5.41, 5.74) is 4.89. The second-order valence-corrected chi connectivity index (χ2v) is 6.69. The molecule has 0 saturated heterocycles. The summed E-state index contributed by atoms with van der Waals surface area (Å²) < 4.78 is 0. The van der Waals surface area contributed by atoms with E-state index in [9.17, 15) is 20.4 Å². The molecule has 0 heterocycles. The largest absolute Gasteiger partial charge is 0.507 e. The number of hydrogen-bond acceptors (Lipinski definition) is 4. The first-order valence-electron chi connectivity index (χ1n) is 8.28. The van der Waals surface area contributed by atoms with E-state index in [1.165, 1.54) is 0 Å². The molecule has 133 valence electrons. The Kier molecular flexibility index (Phi) is 4.28. The van der Waals surface area contributed by atoms with Gasteiger partial charge in [-0.3, -0.25) is 0 Å². The normalized spacial score (nSPS) is 10.9. The molecule has 3 rings (SSSR count). The maximum Gasteiger partial charge on any atom is 0.166 e. The summed E-state index contributed by atoms with van der Waals surface area (Å²) >= 11 is 0. The molecule has 3 aromatic rings. The van der Waals surface area contributed by atoms with E-state index in [0.717, 1.165) is 0 Å². The highest BCUT2D eigenvalue weighted by atomic mass is 16.3. The Bertz CT molecular complexity index is 890. The monoisotopic (exact) mass is 349 g/mol. The molecule has 4 nitrogen and oxygen atoms in total. The second kappa shape index (κ2) is 6.30. The predicted molar refractivity (Wildman–Crippen MR) is 102 cm³/mol. The van der Waals surface area contributed by atoms with E-state index < -0.39 is 0 Å². The van der Waals surface area contributed by atoms with Crippen LogP contribution in [0.15, 0.2) is 30.3 Å². The molecule has 1 radical (unpaired) electrons. The second-order valence-electron chi connectivity index (χ2n) is 6.69. The number of phenols is 4. The third-order valence-corrected chi connectivity index (χ3v) is 4.66. The van der Waals surface area contributed by atoms with Gasteiger partial charge in [0.2, 0.25) is 0 Å². The van der Waals surface area contributed by atoms with Crippen LogP contribution < -0.4 is 0 Å². The Morgan fingerprint density at radius 1 is 0.577 bits per heavy atom. The third kappa shape index (κ3) is 2.84. The van der Waals surface area contributed by atoms with Crippen LogP contribution in [0.1, 0.15) is 22.3 Å². The van der Waals surface area contributed by atoms with Gasteiger partial charge in [0.05, 0.1) is 0 Å². The molecule has 0 aromatic heterocycles.